The second-order valence-corrected chi connectivity index (χ2v) is 6.95. The third kappa shape index (κ3) is 4.14. The standard InChI is InChI=1S/C18H18N2O6S/c1-23-12-10-16(24-2)13(17(11-12)25-3)8-9-27(21,22)20-18-19-14-6-4-5-7-15(14)26-18/h4-11H,1-3H3,(H,19,20)/b9-8+. The van der Waals surface area contributed by atoms with E-state index in [0.717, 1.165) is 5.41 Å². The van der Waals surface area contributed by atoms with Gasteiger partial charge in [-0.3, -0.25) is 0 Å². The van der Waals surface area contributed by atoms with E-state index in [-0.39, 0.29) is 6.01 Å². The molecular formula is C18H18N2O6S. The topological polar surface area (TPSA) is 99.9 Å². The van der Waals surface area contributed by atoms with E-state index in [9.17, 15) is 8.42 Å². The van der Waals surface area contributed by atoms with Gasteiger partial charge in [-0.25, -0.2) is 13.1 Å². The third-order valence-electron chi connectivity index (χ3n) is 3.69. The van der Waals surface area contributed by atoms with Gasteiger partial charge >= 0.3 is 6.01 Å². The molecule has 8 nitrogen and oxygen atoms in total. The zero-order valence-electron chi connectivity index (χ0n) is 14.9. The molecule has 27 heavy (non-hydrogen) atoms. The number of nitrogens with zero attached hydrogens (tertiary/aromatic N) is 1. The Bertz CT molecular complexity index is 1030. The minimum absolute atomic E-state index is 0.116. The van der Waals surface area contributed by atoms with Crippen molar-refractivity contribution in [3.05, 3.63) is 47.4 Å². The molecule has 1 aromatic heterocycles. The maximum Gasteiger partial charge on any atom is 0.309 e. The number of para-hydroxylation sites is 2. The Labute approximate surface area is 156 Å². The van der Waals surface area contributed by atoms with Crippen LogP contribution in [0.4, 0.5) is 6.01 Å². The highest BCUT2D eigenvalue weighted by molar-refractivity contribution is 7.95. The summed E-state index contributed by atoms with van der Waals surface area (Å²) in [5.41, 5.74) is 1.49. The highest BCUT2D eigenvalue weighted by Gasteiger charge is 2.15. The van der Waals surface area contributed by atoms with E-state index >= 15 is 0 Å². The van der Waals surface area contributed by atoms with Crippen molar-refractivity contribution in [3.63, 3.8) is 0 Å². The molecule has 0 aliphatic heterocycles. The second kappa shape index (κ2) is 7.58. The van der Waals surface area contributed by atoms with Crippen LogP contribution in [0.2, 0.25) is 0 Å². The van der Waals surface area contributed by atoms with Crippen LogP contribution in [-0.4, -0.2) is 34.7 Å². The summed E-state index contributed by atoms with van der Waals surface area (Å²) in [6.07, 6.45) is 1.36. The zero-order chi connectivity index (χ0) is 19.4. The van der Waals surface area contributed by atoms with E-state index in [4.69, 9.17) is 18.6 Å². The van der Waals surface area contributed by atoms with Gasteiger partial charge in [0, 0.05) is 12.1 Å². The first kappa shape index (κ1) is 18.6. The number of benzene rings is 2. The van der Waals surface area contributed by atoms with E-state index in [1.165, 1.54) is 27.4 Å². The molecule has 142 valence electrons. The molecule has 3 aromatic rings. The van der Waals surface area contributed by atoms with Crippen molar-refractivity contribution >= 4 is 33.2 Å². The molecular weight excluding hydrogens is 372 g/mol. The summed E-state index contributed by atoms with van der Waals surface area (Å²) in [6.45, 7) is 0. The van der Waals surface area contributed by atoms with Crippen LogP contribution in [0.25, 0.3) is 17.2 Å². The number of hydrogen-bond donors (Lipinski definition) is 1. The van der Waals surface area contributed by atoms with Gasteiger partial charge in [0.25, 0.3) is 10.0 Å². The van der Waals surface area contributed by atoms with E-state index in [2.05, 4.69) is 9.71 Å². The summed E-state index contributed by atoms with van der Waals surface area (Å²) in [5, 5.41) is 0.981. The lowest BCUT2D eigenvalue weighted by Crippen LogP contribution is -2.09. The van der Waals surface area contributed by atoms with Crippen LogP contribution >= 0.6 is 0 Å². The minimum Gasteiger partial charge on any atom is -0.496 e. The number of nitrogens with one attached hydrogen (secondary N) is 1. The number of rotatable bonds is 7. The number of hydrogen-bond acceptors (Lipinski definition) is 7. The van der Waals surface area contributed by atoms with Crippen LogP contribution in [0.5, 0.6) is 17.2 Å². The van der Waals surface area contributed by atoms with Gasteiger partial charge in [-0.05, 0) is 18.2 Å². The summed E-state index contributed by atoms with van der Waals surface area (Å²) in [7, 11) is 0.575. The molecule has 1 heterocycles. The Balaban J connectivity index is 1.89. The predicted octanol–water partition coefficient (Wildman–Crippen LogP) is 3.27. The molecule has 1 N–H and O–H groups in total. The Kier molecular flexibility index (Phi) is 5.22. The van der Waals surface area contributed by atoms with Gasteiger partial charge in [-0.1, -0.05) is 12.1 Å². The summed E-state index contributed by atoms with van der Waals surface area (Å²) >= 11 is 0. The van der Waals surface area contributed by atoms with Crippen molar-refractivity contribution in [2.75, 3.05) is 26.1 Å². The van der Waals surface area contributed by atoms with Crippen molar-refractivity contribution in [3.8, 4) is 17.2 Å². The van der Waals surface area contributed by atoms with Gasteiger partial charge < -0.3 is 18.6 Å². The monoisotopic (exact) mass is 390 g/mol. The largest absolute Gasteiger partial charge is 0.496 e. The SMILES string of the molecule is COc1cc(OC)c(/C=C/S(=O)(=O)Nc2nc3ccccc3o2)c(OC)c1. The molecule has 9 heteroatoms. The molecule has 0 amide bonds. The number of fused-ring (bicyclic) bond motifs is 1. The number of anilines is 1. The number of ether oxygens (including phenoxy) is 3. The van der Waals surface area contributed by atoms with E-state index in [1.807, 2.05) is 0 Å². The van der Waals surface area contributed by atoms with Crippen LogP contribution < -0.4 is 18.9 Å². The minimum atomic E-state index is -3.88. The van der Waals surface area contributed by atoms with E-state index in [0.29, 0.717) is 33.9 Å². The average Bonchev–Trinajstić information content (AvgIpc) is 3.06. The lowest BCUT2D eigenvalue weighted by Gasteiger charge is -2.12. The first-order valence-corrected chi connectivity index (χ1v) is 9.37. The zero-order valence-corrected chi connectivity index (χ0v) is 15.7. The lowest BCUT2D eigenvalue weighted by atomic mass is 10.1. The summed E-state index contributed by atoms with van der Waals surface area (Å²) in [4.78, 5) is 4.09. The van der Waals surface area contributed by atoms with E-state index < -0.39 is 10.0 Å². The van der Waals surface area contributed by atoms with Crippen LogP contribution in [0, 0.1) is 0 Å². The van der Waals surface area contributed by atoms with Crippen molar-refractivity contribution in [2.24, 2.45) is 0 Å². The normalized spacial score (nSPS) is 11.7. The maximum atomic E-state index is 12.4. The van der Waals surface area contributed by atoms with Gasteiger partial charge in [-0.2, -0.15) is 4.98 Å². The molecule has 0 aliphatic carbocycles. The van der Waals surface area contributed by atoms with Gasteiger partial charge in [0.2, 0.25) is 0 Å². The number of oxazole rings is 1. The fourth-order valence-electron chi connectivity index (χ4n) is 2.43. The lowest BCUT2D eigenvalue weighted by molar-refractivity contribution is 0.374. The van der Waals surface area contributed by atoms with Gasteiger partial charge in [0.1, 0.15) is 22.8 Å². The Morgan fingerprint density at radius 2 is 1.70 bits per heavy atom. The van der Waals surface area contributed by atoms with Gasteiger partial charge in [-0.15, -0.1) is 0 Å². The second-order valence-electron chi connectivity index (χ2n) is 5.38. The molecule has 0 bridgehead atoms. The Hall–Kier alpha value is -3.20. The molecule has 0 radical (unpaired) electrons. The molecule has 0 fully saturated rings. The van der Waals surface area contributed by atoms with Crippen molar-refractivity contribution in [2.45, 2.75) is 0 Å². The molecule has 3 rings (SSSR count). The summed E-state index contributed by atoms with van der Waals surface area (Å²) in [5.74, 6) is 1.33. The highest BCUT2D eigenvalue weighted by Crippen LogP contribution is 2.35. The molecule has 2 aromatic carbocycles. The molecule has 0 spiro atoms. The Morgan fingerprint density at radius 1 is 1.04 bits per heavy atom. The van der Waals surface area contributed by atoms with Crippen molar-refractivity contribution in [1.29, 1.82) is 0 Å². The van der Waals surface area contributed by atoms with Crippen LogP contribution in [-0.2, 0) is 10.0 Å². The predicted molar refractivity (Wildman–Crippen MR) is 102 cm³/mol. The fraction of sp³-hybridized carbons (Fsp3) is 0.167. The number of aromatic nitrogens is 1. The van der Waals surface area contributed by atoms with Gasteiger partial charge in [0.15, 0.2) is 5.58 Å². The smallest absolute Gasteiger partial charge is 0.309 e. The Morgan fingerprint density at radius 3 is 2.30 bits per heavy atom. The molecule has 0 aliphatic rings. The van der Waals surface area contributed by atoms with Crippen LogP contribution in [0.3, 0.4) is 0 Å². The first-order valence-electron chi connectivity index (χ1n) is 7.82. The summed E-state index contributed by atoms with van der Waals surface area (Å²) < 4.78 is 48.2. The molecule has 0 atom stereocenters. The van der Waals surface area contributed by atoms with Crippen LogP contribution in [0.15, 0.2) is 46.2 Å². The first-order chi connectivity index (χ1) is 13.0. The fourth-order valence-corrected chi connectivity index (χ4v) is 3.14. The van der Waals surface area contributed by atoms with Crippen LogP contribution in [0.1, 0.15) is 5.56 Å². The number of methoxy groups -OCH3 is 3. The average molecular weight is 390 g/mol. The quantitative estimate of drug-likeness (QED) is 0.661. The van der Waals surface area contributed by atoms with Gasteiger partial charge in [0.05, 0.1) is 32.3 Å². The maximum absolute atomic E-state index is 12.4. The molecule has 0 saturated heterocycles. The van der Waals surface area contributed by atoms with Crippen molar-refractivity contribution in [1.82, 2.24) is 4.98 Å². The summed E-state index contributed by atoms with van der Waals surface area (Å²) in [6, 6.07) is 10.1. The van der Waals surface area contributed by atoms with E-state index in [1.54, 1.807) is 36.4 Å². The third-order valence-corrected chi connectivity index (χ3v) is 4.64. The number of sulfonamides is 1. The van der Waals surface area contributed by atoms with Crippen molar-refractivity contribution < 1.29 is 27.0 Å². The highest BCUT2D eigenvalue weighted by atomic mass is 32.2. The molecule has 0 unspecified atom stereocenters. The molecule has 0 saturated carbocycles.